The van der Waals surface area contributed by atoms with Crippen LogP contribution < -0.4 is 15.5 Å². The van der Waals surface area contributed by atoms with Crippen LogP contribution in [0.25, 0.3) is 0 Å². The molecular formula is C30H46N4O4. The van der Waals surface area contributed by atoms with E-state index in [2.05, 4.69) is 29.7 Å². The summed E-state index contributed by atoms with van der Waals surface area (Å²) in [5.74, 6) is 0.00940. The van der Waals surface area contributed by atoms with E-state index in [-0.39, 0.29) is 48.2 Å². The van der Waals surface area contributed by atoms with Crippen molar-refractivity contribution in [2.24, 2.45) is 5.92 Å². The van der Waals surface area contributed by atoms with Crippen molar-refractivity contribution < 1.29 is 19.5 Å². The molecule has 1 aromatic carbocycles. The molecule has 1 aliphatic carbocycles. The van der Waals surface area contributed by atoms with Crippen LogP contribution >= 0.6 is 0 Å². The first-order valence-electron chi connectivity index (χ1n) is 14.7. The molecule has 8 heteroatoms. The predicted molar refractivity (Wildman–Crippen MR) is 149 cm³/mol. The molecule has 2 aliphatic heterocycles. The molecule has 1 saturated carbocycles. The van der Waals surface area contributed by atoms with Crippen molar-refractivity contribution in [3.8, 4) is 0 Å². The minimum absolute atomic E-state index is 0.0206. The number of anilines is 1. The summed E-state index contributed by atoms with van der Waals surface area (Å²) in [6, 6.07) is 5.24. The molecule has 3 aliphatic rings. The Bertz CT molecular complexity index is 1010. The molecular weight excluding hydrogens is 480 g/mol. The van der Waals surface area contributed by atoms with Gasteiger partial charge in [-0.15, -0.1) is 0 Å². The first-order chi connectivity index (χ1) is 18.2. The van der Waals surface area contributed by atoms with E-state index in [0.717, 1.165) is 49.8 Å². The number of nitrogens with one attached hydrogen (secondary N) is 2. The summed E-state index contributed by atoms with van der Waals surface area (Å²) in [5.41, 5.74) is 3.35. The molecule has 2 unspecified atom stereocenters. The SMILES string of the molecule is CCN[C@@H](C)C(=O)N[C@H](C(=O)N1CC(O)C[C@@H]1CC1CN(C(C)=O)c2ccc(CC)cc21)C1CCCCC1. The molecule has 1 aromatic rings. The van der Waals surface area contributed by atoms with Crippen molar-refractivity contribution in [1.29, 1.82) is 0 Å². The second kappa shape index (κ2) is 12.6. The van der Waals surface area contributed by atoms with Gasteiger partial charge in [0, 0.05) is 37.7 Å². The molecule has 0 spiro atoms. The molecule has 0 bridgehead atoms. The van der Waals surface area contributed by atoms with Gasteiger partial charge in [-0.2, -0.15) is 0 Å². The van der Waals surface area contributed by atoms with Gasteiger partial charge >= 0.3 is 0 Å². The minimum atomic E-state index is -0.584. The first kappa shape index (κ1) is 28.6. The summed E-state index contributed by atoms with van der Waals surface area (Å²) in [5, 5.41) is 16.9. The van der Waals surface area contributed by atoms with Gasteiger partial charge < -0.3 is 25.5 Å². The van der Waals surface area contributed by atoms with Gasteiger partial charge in [-0.3, -0.25) is 14.4 Å². The Labute approximate surface area is 227 Å². The largest absolute Gasteiger partial charge is 0.391 e. The number of β-amino-alcohol motifs (C(OH)–C–C–N with tert-alkyl or cyclic N) is 1. The molecule has 2 fully saturated rings. The average molecular weight is 527 g/mol. The molecule has 2 heterocycles. The molecule has 4 rings (SSSR count). The number of amides is 3. The fraction of sp³-hybridized carbons (Fsp3) is 0.700. The zero-order chi connectivity index (χ0) is 27.4. The van der Waals surface area contributed by atoms with E-state index >= 15 is 0 Å². The number of aliphatic hydroxyl groups excluding tert-OH is 1. The maximum absolute atomic E-state index is 14.1. The highest BCUT2D eigenvalue weighted by atomic mass is 16.3. The van der Waals surface area contributed by atoms with Gasteiger partial charge in [-0.05, 0) is 68.7 Å². The molecule has 1 saturated heterocycles. The van der Waals surface area contributed by atoms with Gasteiger partial charge in [0.25, 0.3) is 0 Å². The Morgan fingerprint density at radius 2 is 1.84 bits per heavy atom. The van der Waals surface area contributed by atoms with Crippen molar-refractivity contribution >= 4 is 23.4 Å². The lowest BCUT2D eigenvalue weighted by molar-refractivity contribution is -0.140. The summed E-state index contributed by atoms with van der Waals surface area (Å²) in [4.78, 5) is 43.2. The third-order valence-corrected chi connectivity index (χ3v) is 8.83. The summed E-state index contributed by atoms with van der Waals surface area (Å²) < 4.78 is 0. The molecule has 3 amide bonds. The van der Waals surface area contributed by atoms with Crippen molar-refractivity contribution in [3.05, 3.63) is 29.3 Å². The number of hydrogen-bond acceptors (Lipinski definition) is 5. The number of fused-ring (bicyclic) bond motifs is 1. The third-order valence-electron chi connectivity index (χ3n) is 8.83. The number of aliphatic hydroxyl groups is 1. The first-order valence-corrected chi connectivity index (χ1v) is 14.7. The van der Waals surface area contributed by atoms with E-state index < -0.39 is 12.1 Å². The Balaban J connectivity index is 1.56. The monoisotopic (exact) mass is 526 g/mol. The fourth-order valence-corrected chi connectivity index (χ4v) is 6.73. The lowest BCUT2D eigenvalue weighted by Gasteiger charge is -2.36. The Kier molecular flexibility index (Phi) is 9.47. The van der Waals surface area contributed by atoms with Crippen LogP contribution in [0.5, 0.6) is 0 Å². The number of likely N-dealkylation sites (N-methyl/N-ethyl adjacent to an activating group) is 1. The standard InChI is InChI=1S/C30H46N4O4/c1-5-21-12-13-27-26(14-21)23(17-33(27)20(4)35)15-24-16-25(36)18-34(24)30(38)28(22-10-8-7-9-11-22)32-29(37)19(3)31-6-2/h12-14,19,22-25,28,31,36H,5-11,15-18H2,1-4H3,(H,32,37)/t19-,23?,24-,25?,28-/m0/s1. The Morgan fingerprint density at radius 1 is 1.11 bits per heavy atom. The number of rotatable bonds is 9. The van der Waals surface area contributed by atoms with Gasteiger partial charge in [-0.25, -0.2) is 0 Å². The van der Waals surface area contributed by atoms with Crippen LogP contribution in [-0.2, 0) is 20.8 Å². The van der Waals surface area contributed by atoms with Gasteiger partial charge in [-0.1, -0.05) is 45.2 Å². The second-order valence-electron chi connectivity index (χ2n) is 11.5. The minimum Gasteiger partial charge on any atom is -0.391 e. The van der Waals surface area contributed by atoms with Crippen molar-refractivity contribution in [2.45, 2.75) is 109 Å². The number of carbonyl (C=O) groups excluding carboxylic acids is 3. The van der Waals surface area contributed by atoms with Crippen LogP contribution in [0.1, 0.15) is 89.7 Å². The Hall–Kier alpha value is -2.45. The van der Waals surface area contributed by atoms with E-state index in [9.17, 15) is 19.5 Å². The summed E-state index contributed by atoms with van der Waals surface area (Å²) in [7, 11) is 0. The van der Waals surface area contributed by atoms with E-state index in [4.69, 9.17) is 0 Å². The van der Waals surface area contributed by atoms with Gasteiger partial charge in [0.05, 0.1) is 12.1 Å². The number of carbonyl (C=O) groups is 3. The van der Waals surface area contributed by atoms with Crippen molar-refractivity contribution in [2.75, 3.05) is 24.5 Å². The number of likely N-dealkylation sites (tertiary alicyclic amines) is 1. The van der Waals surface area contributed by atoms with Gasteiger partial charge in [0.1, 0.15) is 6.04 Å². The van der Waals surface area contributed by atoms with Crippen LogP contribution in [0.4, 0.5) is 5.69 Å². The fourth-order valence-electron chi connectivity index (χ4n) is 6.73. The number of benzene rings is 1. The van der Waals surface area contributed by atoms with Crippen LogP contribution in [0.2, 0.25) is 0 Å². The van der Waals surface area contributed by atoms with E-state index in [1.54, 1.807) is 6.92 Å². The maximum Gasteiger partial charge on any atom is 0.245 e. The normalized spacial score (nSPS) is 25.2. The zero-order valence-corrected chi connectivity index (χ0v) is 23.5. The molecule has 5 atom stereocenters. The van der Waals surface area contributed by atoms with E-state index in [0.29, 0.717) is 25.9 Å². The topological polar surface area (TPSA) is 102 Å². The van der Waals surface area contributed by atoms with Crippen LogP contribution in [-0.4, -0.2) is 71.6 Å². The Morgan fingerprint density at radius 3 is 2.50 bits per heavy atom. The second-order valence-corrected chi connectivity index (χ2v) is 11.5. The number of nitrogens with zero attached hydrogens (tertiary/aromatic N) is 2. The maximum atomic E-state index is 14.1. The smallest absolute Gasteiger partial charge is 0.245 e. The van der Waals surface area contributed by atoms with Gasteiger partial charge in [0.15, 0.2) is 0 Å². The lowest BCUT2D eigenvalue weighted by atomic mass is 9.83. The predicted octanol–water partition coefficient (Wildman–Crippen LogP) is 3.11. The zero-order valence-electron chi connectivity index (χ0n) is 23.5. The van der Waals surface area contributed by atoms with E-state index in [1.165, 1.54) is 5.56 Å². The highest BCUT2D eigenvalue weighted by Crippen LogP contribution is 2.42. The van der Waals surface area contributed by atoms with Crippen LogP contribution in [0.15, 0.2) is 18.2 Å². The lowest BCUT2D eigenvalue weighted by Crippen LogP contribution is -2.57. The molecule has 3 N–H and O–H groups in total. The van der Waals surface area contributed by atoms with Crippen molar-refractivity contribution in [3.63, 3.8) is 0 Å². The van der Waals surface area contributed by atoms with Crippen LogP contribution in [0.3, 0.4) is 0 Å². The number of hydrogen-bond donors (Lipinski definition) is 3. The highest BCUT2D eigenvalue weighted by Gasteiger charge is 2.43. The van der Waals surface area contributed by atoms with Crippen molar-refractivity contribution in [1.82, 2.24) is 15.5 Å². The summed E-state index contributed by atoms with van der Waals surface area (Å²) in [6.45, 7) is 9.07. The average Bonchev–Trinajstić information content (AvgIpc) is 3.47. The molecule has 38 heavy (non-hydrogen) atoms. The molecule has 0 aromatic heterocycles. The summed E-state index contributed by atoms with van der Waals surface area (Å²) >= 11 is 0. The van der Waals surface area contributed by atoms with Gasteiger partial charge in [0.2, 0.25) is 17.7 Å². The van der Waals surface area contributed by atoms with E-state index in [1.807, 2.05) is 29.7 Å². The molecule has 210 valence electrons. The quantitative estimate of drug-likeness (QED) is 0.459. The van der Waals surface area contributed by atoms with Crippen LogP contribution in [0, 0.1) is 5.92 Å². The highest BCUT2D eigenvalue weighted by molar-refractivity contribution is 5.94. The molecule has 8 nitrogen and oxygen atoms in total. The summed E-state index contributed by atoms with van der Waals surface area (Å²) in [6.07, 6.45) is 6.69. The molecule has 0 radical (unpaired) electrons. The third kappa shape index (κ3) is 6.23. The number of aryl methyl sites for hydroxylation is 1.